The first-order chi connectivity index (χ1) is 12.7. The second-order valence-corrected chi connectivity index (χ2v) is 7.16. The van der Waals surface area contributed by atoms with Gasteiger partial charge >= 0.3 is 6.03 Å². The van der Waals surface area contributed by atoms with Crippen molar-refractivity contribution in [1.29, 1.82) is 0 Å². The summed E-state index contributed by atoms with van der Waals surface area (Å²) in [5.74, 6) is -2.30. The summed E-state index contributed by atoms with van der Waals surface area (Å²) in [4.78, 5) is 39.1. The fraction of sp³-hybridized carbons (Fsp3) is 0.500. The lowest BCUT2D eigenvalue weighted by Gasteiger charge is -2.37. The Hall–Kier alpha value is -2.71. The number of nitrogens with one attached hydrogen (secondary N) is 2. The van der Waals surface area contributed by atoms with E-state index in [0.717, 1.165) is 0 Å². The van der Waals surface area contributed by atoms with Gasteiger partial charge in [0.2, 0.25) is 5.91 Å². The number of hydrogen-bond acceptors (Lipinski definition) is 4. The van der Waals surface area contributed by atoms with Gasteiger partial charge in [-0.15, -0.1) is 0 Å². The van der Waals surface area contributed by atoms with Crippen LogP contribution in [0.5, 0.6) is 0 Å². The molecule has 0 radical (unpaired) electrons. The molecule has 9 heteroatoms. The highest BCUT2D eigenvalue weighted by Gasteiger charge is 2.42. The van der Waals surface area contributed by atoms with Crippen molar-refractivity contribution in [1.82, 2.24) is 15.5 Å². The Morgan fingerprint density at radius 2 is 1.78 bits per heavy atom. The first-order valence-corrected chi connectivity index (χ1v) is 8.81. The van der Waals surface area contributed by atoms with Gasteiger partial charge in [0.1, 0.15) is 5.54 Å². The number of benzene rings is 1. The number of carbonyl (C=O) groups is 3. The van der Waals surface area contributed by atoms with E-state index < -0.39 is 29.1 Å². The van der Waals surface area contributed by atoms with Gasteiger partial charge in [-0.1, -0.05) is 0 Å². The van der Waals surface area contributed by atoms with E-state index in [-0.39, 0.29) is 18.7 Å². The molecule has 0 aromatic heterocycles. The highest BCUT2D eigenvalue weighted by atomic mass is 19.2. The standard InChI is InChI=1S/C18H22F2N4O3/c1-11-9-12(19)13(20)10-14(11)23-5-7-24(8-6-23)15(25)3-4-18(2)16(26)21-17(27)22-18/h9-10H,3-8H2,1-2H3,(H2,21,22,26,27). The van der Waals surface area contributed by atoms with Crippen molar-refractivity contribution >= 4 is 23.5 Å². The molecule has 1 aromatic carbocycles. The molecule has 4 amide bonds. The molecular formula is C18H22F2N4O3. The molecule has 2 N–H and O–H groups in total. The number of halogens is 2. The lowest BCUT2D eigenvalue weighted by molar-refractivity contribution is -0.132. The number of aryl methyl sites for hydroxylation is 1. The van der Waals surface area contributed by atoms with E-state index in [0.29, 0.717) is 37.4 Å². The Balaban J connectivity index is 1.55. The van der Waals surface area contributed by atoms with Crippen molar-refractivity contribution in [3.63, 3.8) is 0 Å². The molecule has 0 bridgehead atoms. The highest BCUT2D eigenvalue weighted by molar-refractivity contribution is 6.06. The van der Waals surface area contributed by atoms with Crippen LogP contribution in [0.4, 0.5) is 19.3 Å². The van der Waals surface area contributed by atoms with E-state index in [9.17, 15) is 23.2 Å². The van der Waals surface area contributed by atoms with Gasteiger partial charge in [-0.25, -0.2) is 13.6 Å². The molecule has 2 aliphatic rings. The van der Waals surface area contributed by atoms with Crippen molar-refractivity contribution < 1.29 is 23.2 Å². The van der Waals surface area contributed by atoms with Crippen LogP contribution in [-0.4, -0.2) is 54.5 Å². The van der Waals surface area contributed by atoms with E-state index in [1.54, 1.807) is 18.7 Å². The Morgan fingerprint density at radius 3 is 2.37 bits per heavy atom. The zero-order chi connectivity index (χ0) is 19.8. The summed E-state index contributed by atoms with van der Waals surface area (Å²) in [6, 6.07) is 1.80. The van der Waals surface area contributed by atoms with Crippen LogP contribution in [0.1, 0.15) is 25.3 Å². The fourth-order valence-corrected chi connectivity index (χ4v) is 3.44. The maximum atomic E-state index is 13.5. The molecule has 0 aliphatic carbocycles. The largest absolute Gasteiger partial charge is 0.368 e. The summed E-state index contributed by atoms with van der Waals surface area (Å²) in [5.41, 5.74) is 0.195. The summed E-state index contributed by atoms with van der Waals surface area (Å²) in [5, 5.41) is 4.71. The molecule has 2 aliphatic heterocycles. The topological polar surface area (TPSA) is 81.8 Å². The third-order valence-electron chi connectivity index (χ3n) is 5.17. The molecule has 146 valence electrons. The first-order valence-electron chi connectivity index (χ1n) is 8.81. The molecule has 1 aromatic rings. The smallest absolute Gasteiger partial charge is 0.322 e. The molecule has 3 rings (SSSR count). The number of carbonyl (C=O) groups excluding carboxylic acids is 3. The number of nitrogens with zero attached hydrogens (tertiary/aromatic N) is 2. The molecule has 2 heterocycles. The average Bonchev–Trinajstić information content (AvgIpc) is 2.88. The van der Waals surface area contributed by atoms with Crippen molar-refractivity contribution in [3.8, 4) is 0 Å². The van der Waals surface area contributed by atoms with Crippen molar-refractivity contribution in [2.45, 2.75) is 32.2 Å². The Kier molecular flexibility index (Phi) is 5.03. The van der Waals surface area contributed by atoms with Crippen molar-refractivity contribution in [2.75, 3.05) is 31.1 Å². The van der Waals surface area contributed by atoms with Crippen LogP contribution in [0.2, 0.25) is 0 Å². The van der Waals surface area contributed by atoms with E-state index >= 15 is 0 Å². The quantitative estimate of drug-likeness (QED) is 0.772. The van der Waals surface area contributed by atoms with E-state index in [1.807, 2.05) is 4.90 Å². The van der Waals surface area contributed by atoms with Crippen molar-refractivity contribution in [2.24, 2.45) is 0 Å². The van der Waals surface area contributed by atoms with E-state index in [4.69, 9.17) is 0 Å². The van der Waals surface area contributed by atoms with Crippen LogP contribution in [-0.2, 0) is 9.59 Å². The number of imide groups is 1. The number of amides is 4. The van der Waals surface area contributed by atoms with Crippen LogP contribution in [0.3, 0.4) is 0 Å². The highest BCUT2D eigenvalue weighted by Crippen LogP contribution is 2.25. The summed E-state index contributed by atoms with van der Waals surface area (Å²) in [7, 11) is 0. The molecule has 27 heavy (non-hydrogen) atoms. The summed E-state index contributed by atoms with van der Waals surface area (Å²) in [6.07, 6.45) is 0.348. The minimum Gasteiger partial charge on any atom is -0.368 e. The van der Waals surface area contributed by atoms with Gasteiger partial charge in [0.05, 0.1) is 0 Å². The minimum atomic E-state index is -1.07. The monoisotopic (exact) mass is 380 g/mol. The number of rotatable bonds is 4. The normalized spacial score (nSPS) is 22.7. The average molecular weight is 380 g/mol. The Morgan fingerprint density at radius 1 is 1.15 bits per heavy atom. The maximum Gasteiger partial charge on any atom is 0.322 e. The van der Waals surface area contributed by atoms with Gasteiger partial charge in [-0.2, -0.15) is 0 Å². The van der Waals surface area contributed by atoms with Crippen LogP contribution in [0, 0.1) is 18.6 Å². The number of piperazine rings is 1. The number of urea groups is 1. The Bertz CT molecular complexity index is 793. The summed E-state index contributed by atoms with van der Waals surface area (Å²) in [6.45, 7) is 5.22. The van der Waals surface area contributed by atoms with E-state index in [2.05, 4.69) is 10.6 Å². The lowest BCUT2D eigenvalue weighted by Crippen LogP contribution is -2.50. The summed E-state index contributed by atoms with van der Waals surface area (Å²) < 4.78 is 26.8. The first kappa shape index (κ1) is 19.1. The van der Waals surface area contributed by atoms with Crippen LogP contribution in [0.25, 0.3) is 0 Å². The van der Waals surface area contributed by atoms with Gasteiger partial charge in [0.25, 0.3) is 5.91 Å². The molecule has 0 spiro atoms. The van der Waals surface area contributed by atoms with Gasteiger partial charge < -0.3 is 15.1 Å². The third-order valence-corrected chi connectivity index (χ3v) is 5.17. The molecule has 0 saturated carbocycles. The lowest BCUT2D eigenvalue weighted by atomic mass is 9.96. The number of anilines is 1. The van der Waals surface area contributed by atoms with Crippen molar-refractivity contribution in [3.05, 3.63) is 29.3 Å². The zero-order valence-corrected chi connectivity index (χ0v) is 15.3. The molecule has 7 nitrogen and oxygen atoms in total. The predicted octanol–water partition coefficient (Wildman–Crippen LogP) is 1.30. The Labute approximate surface area is 155 Å². The zero-order valence-electron chi connectivity index (χ0n) is 15.3. The summed E-state index contributed by atoms with van der Waals surface area (Å²) >= 11 is 0. The number of hydrogen-bond donors (Lipinski definition) is 2. The predicted molar refractivity (Wildman–Crippen MR) is 94.2 cm³/mol. The molecule has 2 saturated heterocycles. The molecule has 1 atom stereocenters. The third kappa shape index (κ3) is 3.86. The van der Waals surface area contributed by atoms with Crippen LogP contribution >= 0.6 is 0 Å². The van der Waals surface area contributed by atoms with E-state index in [1.165, 1.54) is 12.1 Å². The molecular weight excluding hydrogens is 358 g/mol. The minimum absolute atomic E-state index is 0.105. The second-order valence-electron chi connectivity index (χ2n) is 7.16. The maximum absolute atomic E-state index is 13.5. The second kappa shape index (κ2) is 7.13. The van der Waals surface area contributed by atoms with Gasteiger partial charge in [0, 0.05) is 44.4 Å². The van der Waals surface area contributed by atoms with Gasteiger partial charge in [0.15, 0.2) is 11.6 Å². The van der Waals surface area contributed by atoms with Gasteiger partial charge in [-0.3, -0.25) is 14.9 Å². The fourth-order valence-electron chi connectivity index (χ4n) is 3.44. The van der Waals surface area contributed by atoms with Crippen LogP contribution in [0.15, 0.2) is 12.1 Å². The molecule has 2 fully saturated rings. The van der Waals surface area contributed by atoms with Gasteiger partial charge in [-0.05, 0) is 31.9 Å². The molecule has 1 unspecified atom stereocenters. The van der Waals surface area contributed by atoms with Crippen LogP contribution < -0.4 is 15.5 Å². The SMILES string of the molecule is Cc1cc(F)c(F)cc1N1CCN(C(=O)CCC2(C)NC(=O)NC2=O)CC1.